The van der Waals surface area contributed by atoms with Gasteiger partial charge < -0.3 is 15.2 Å². The number of aryl methyl sites for hydroxylation is 2. The van der Waals surface area contributed by atoms with Crippen molar-refractivity contribution in [3.05, 3.63) is 76.9 Å². The third kappa shape index (κ3) is 6.34. The van der Waals surface area contributed by atoms with Gasteiger partial charge in [0.25, 0.3) is 11.5 Å². The minimum atomic E-state index is -6.00. The summed E-state index contributed by atoms with van der Waals surface area (Å²) in [6.07, 6.45) is -10.2. The molecule has 244 valence electrons. The maximum Gasteiger partial charge on any atom is 0.430 e. The first kappa shape index (κ1) is 34.1. The number of fused-ring (bicyclic) bond motifs is 1. The molecule has 0 bridgehead atoms. The summed E-state index contributed by atoms with van der Waals surface area (Å²) in [5, 5.41) is 14.6. The Labute approximate surface area is 257 Å². The van der Waals surface area contributed by atoms with Gasteiger partial charge in [-0.2, -0.15) is 26.3 Å². The molecule has 3 aromatic carbocycles. The van der Waals surface area contributed by atoms with E-state index in [4.69, 9.17) is 4.74 Å². The van der Waals surface area contributed by atoms with E-state index in [0.29, 0.717) is 31.2 Å². The van der Waals surface area contributed by atoms with Crippen molar-refractivity contribution in [1.29, 1.82) is 0 Å². The van der Waals surface area contributed by atoms with Crippen molar-refractivity contribution in [2.75, 3.05) is 13.2 Å². The smallest absolute Gasteiger partial charge is 0.430 e. The van der Waals surface area contributed by atoms with Crippen LogP contribution in [0.15, 0.2) is 54.6 Å². The van der Waals surface area contributed by atoms with E-state index in [2.05, 4.69) is 5.32 Å². The molecule has 1 saturated heterocycles. The second kappa shape index (κ2) is 12.9. The first-order chi connectivity index (χ1) is 21.1. The number of hydrogen-bond donors (Lipinski definition) is 2. The number of unbranched alkanes of at least 4 members (excludes halogenated alkanes) is 1. The van der Waals surface area contributed by atoms with Gasteiger partial charge in [0, 0.05) is 12.1 Å². The summed E-state index contributed by atoms with van der Waals surface area (Å²) in [5.41, 5.74) is -6.67. The number of aliphatic hydroxyl groups is 1. The highest BCUT2D eigenvalue weighted by atomic mass is 19.4. The Morgan fingerprint density at radius 1 is 0.867 bits per heavy atom. The van der Waals surface area contributed by atoms with Crippen molar-refractivity contribution >= 4 is 22.7 Å². The summed E-state index contributed by atoms with van der Waals surface area (Å²) < 4.78 is 87.8. The minimum Gasteiger partial charge on any atom is -0.493 e. The standard InChI is InChI=1S/C33H36F6N2O4/c1-4-11-22-19-24(31(44,32(34,35)36)33(37,38)39)20-23(12-5-2)27(22)45-18-9-8-17-41-28(42)30(3,40-29(41)43)26-16-10-14-21-13-6-7-15-25(21)26/h6-7,10,13-16,19-20,44H,4-5,8-9,11-12,17-18H2,1-3H3,(H,40,43). The Morgan fingerprint density at radius 2 is 1.44 bits per heavy atom. The largest absolute Gasteiger partial charge is 0.493 e. The molecule has 1 unspecified atom stereocenters. The van der Waals surface area contributed by atoms with Crippen molar-refractivity contribution in [1.82, 2.24) is 10.2 Å². The Hall–Kier alpha value is -3.80. The quantitative estimate of drug-likeness (QED) is 0.121. The fourth-order valence-electron chi connectivity index (χ4n) is 5.84. The molecule has 0 aromatic heterocycles. The molecule has 45 heavy (non-hydrogen) atoms. The number of benzene rings is 3. The number of hydrogen-bond acceptors (Lipinski definition) is 4. The molecule has 1 aliphatic heterocycles. The lowest BCUT2D eigenvalue weighted by Crippen LogP contribution is -2.54. The fraction of sp³-hybridized carbons (Fsp3) is 0.455. The molecule has 0 spiro atoms. The summed E-state index contributed by atoms with van der Waals surface area (Å²) in [4.78, 5) is 27.5. The molecule has 1 heterocycles. The summed E-state index contributed by atoms with van der Waals surface area (Å²) in [6.45, 7) is 5.23. The van der Waals surface area contributed by atoms with Crippen molar-refractivity contribution < 1.29 is 45.8 Å². The number of ether oxygens (including phenoxy) is 1. The van der Waals surface area contributed by atoms with Crippen LogP contribution in [0.4, 0.5) is 31.1 Å². The van der Waals surface area contributed by atoms with Crippen LogP contribution in [0, 0.1) is 0 Å². The number of imide groups is 1. The second-order valence-corrected chi connectivity index (χ2v) is 11.4. The lowest BCUT2D eigenvalue weighted by molar-refractivity contribution is -0.376. The zero-order valence-corrected chi connectivity index (χ0v) is 25.2. The van der Waals surface area contributed by atoms with E-state index in [1.54, 1.807) is 26.8 Å². The Bertz CT molecular complexity index is 1510. The normalized spacial score (nSPS) is 17.7. The molecular weight excluding hydrogens is 602 g/mol. The average molecular weight is 639 g/mol. The summed E-state index contributed by atoms with van der Waals surface area (Å²) in [7, 11) is 0. The third-order valence-corrected chi connectivity index (χ3v) is 8.15. The van der Waals surface area contributed by atoms with E-state index in [1.165, 1.54) is 0 Å². The molecule has 2 N–H and O–H groups in total. The average Bonchev–Trinajstić information content (AvgIpc) is 3.19. The molecule has 0 aliphatic carbocycles. The van der Waals surface area contributed by atoms with Crippen LogP contribution in [0.1, 0.15) is 68.7 Å². The first-order valence-electron chi connectivity index (χ1n) is 14.9. The van der Waals surface area contributed by atoms with Crippen molar-refractivity contribution in [2.45, 2.75) is 82.8 Å². The monoisotopic (exact) mass is 638 g/mol. The predicted octanol–water partition coefficient (Wildman–Crippen LogP) is 7.68. The number of urea groups is 1. The Balaban J connectivity index is 1.49. The van der Waals surface area contributed by atoms with Gasteiger partial charge in [0.2, 0.25) is 0 Å². The van der Waals surface area contributed by atoms with Crippen LogP contribution in [0.25, 0.3) is 10.8 Å². The van der Waals surface area contributed by atoms with Gasteiger partial charge in [-0.25, -0.2) is 4.79 Å². The molecule has 6 nitrogen and oxygen atoms in total. The third-order valence-electron chi connectivity index (χ3n) is 8.15. The summed E-state index contributed by atoms with van der Waals surface area (Å²) >= 11 is 0. The van der Waals surface area contributed by atoms with Crippen LogP contribution in [0.5, 0.6) is 5.75 Å². The number of rotatable bonds is 12. The maximum atomic E-state index is 13.6. The number of nitrogens with zero attached hydrogens (tertiary/aromatic N) is 1. The van der Waals surface area contributed by atoms with Crippen LogP contribution in [0.3, 0.4) is 0 Å². The predicted molar refractivity (Wildman–Crippen MR) is 157 cm³/mol. The van der Waals surface area contributed by atoms with Gasteiger partial charge in [-0.3, -0.25) is 9.69 Å². The molecule has 1 aliphatic rings. The SMILES string of the molecule is CCCc1cc(C(O)(C(F)(F)F)C(F)(F)F)cc(CCC)c1OCCCCN1C(=O)NC(C)(c2cccc3ccccc23)C1=O. The zero-order valence-electron chi connectivity index (χ0n) is 25.2. The van der Waals surface area contributed by atoms with Gasteiger partial charge in [0.15, 0.2) is 0 Å². The second-order valence-electron chi connectivity index (χ2n) is 11.4. The lowest BCUT2D eigenvalue weighted by atomic mass is 9.87. The van der Waals surface area contributed by atoms with Crippen LogP contribution in [-0.4, -0.2) is 47.4 Å². The zero-order chi connectivity index (χ0) is 33.2. The van der Waals surface area contributed by atoms with E-state index in [1.807, 2.05) is 36.4 Å². The van der Waals surface area contributed by atoms with E-state index in [-0.39, 0.29) is 42.9 Å². The number of carbonyl (C=O) groups excluding carboxylic acids is 2. The topological polar surface area (TPSA) is 78.9 Å². The molecule has 12 heteroatoms. The summed E-state index contributed by atoms with van der Waals surface area (Å²) in [6, 6.07) is 14.0. The van der Waals surface area contributed by atoms with Gasteiger partial charge in [-0.15, -0.1) is 0 Å². The Kier molecular flexibility index (Phi) is 9.77. The molecule has 0 saturated carbocycles. The molecule has 0 radical (unpaired) electrons. The number of alkyl halides is 6. The van der Waals surface area contributed by atoms with Crippen LogP contribution < -0.4 is 10.1 Å². The molecule has 3 amide bonds. The van der Waals surface area contributed by atoms with Crippen LogP contribution in [-0.2, 0) is 28.8 Å². The van der Waals surface area contributed by atoms with Crippen molar-refractivity contribution in [2.24, 2.45) is 0 Å². The van der Waals surface area contributed by atoms with Gasteiger partial charge in [-0.05, 0) is 72.2 Å². The van der Waals surface area contributed by atoms with Gasteiger partial charge in [-0.1, -0.05) is 69.2 Å². The number of carbonyl (C=O) groups is 2. The number of amides is 3. The fourth-order valence-corrected chi connectivity index (χ4v) is 5.84. The van der Waals surface area contributed by atoms with Gasteiger partial charge >= 0.3 is 18.4 Å². The van der Waals surface area contributed by atoms with Crippen molar-refractivity contribution in [3.63, 3.8) is 0 Å². The molecule has 4 rings (SSSR count). The van der Waals surface area contributed by atoms with Crippen LogP contribution in [0.2, 0.25) is 0 Å². The van der Waals surface area contributed by atoms with E-state index in [9.17, 15) is 41.0 Å². The van der Waals surface area contributed by atoms with Gasteiger partial charge in [0.1, 0.15) is 11.3 Å². The summed E-state index contributed by atoms with van der Waals surface area (Å²) in [5.74, 6) is -0.217. The highest BCUT2D eigenvalue weighted by Crippen LogP contribution is 2.51. The van der Waals surface area contributed by atoms with Crippen molar-refractivity contribution in [3.8, 4) is 5.75 Å². The minimum absolute atomic E-state index is 0.0415. The Morgan fingerprint density at radius 3 is 2.02 bits per heavy atom. The van der Waals surface area contributed by atoms with E-state index >= 15 is 0 Å². The number of halogens is 6. The lowest BCUT2D eigenvalue weighted by Gasteiger charge is -2.33. The van der Waals surface area contributed by atoms with Crippen LogP contribution >= 0.6 is 0 Å². The highest BCUT2D eigenvalue weighted by molar-refractivity contribution is 6.09. The van der Waals surface area contributed by atoms with E-state index in [0.717, 1.165) is 27.8 Å². The molecule has 1 fully saturated rings. The maximum absolute atomic E-state index is 13.6. The number of nitrogens with one attached hydrogen (secondary N) is 1. The highest BCUT2D eigenvalue weighted by Gasteiger charge is 2.71. The first-order valence-corrected chi connectivity index (χ1v) is 14.9. The molecule has 1 atom stereocenters. The molecular formula is C33H36F6N2O4. The molecule has 3 aromatic rings. The van der Waals surface area contributed by atoms with Gasteiger partial charge in [0.05, 0.1) is 6.61 Å². The van der Waals surface area contributed by atoms with E-state index < -0.39 is 41.0 Å².